The molecule has 2 N–H and O–H groups in total. The molecule has 0 fully saturated rings. The maximum Gasteiger partial charge on any atom is 0.243 e. The van der Waals surface area contributed by atoms with E-state index < -0.39 is 21.4 Å². The Hall–Kier alpha value is -3.59. The smallest absolute Gasteiger partial charge is 0.243 e. The van der Waals surface area contributed by atoms with Crippen LogP contribution in [0, 0.1) is 12.1 Å². The van der Waals surface area contributed by atoms with Crippen molar-refractivity contribution >= 4 is 37.6 Å². The number of aliphatic hydroxyl groups excluding tert-OH is 1. The molecule has 0 unspecified atom stereocenters. The van der Waals surface area contributed by atoms with Crippen molar-refractivity contribution in [2.24, 2.45) is 0 Å². The summed E-state index contributed by atoms with van der Waals surface area (Å²) >= 11 is 3.35. The van der Waals surface area contributed by atoms with Gasteiger partial charge in [-0.2, -0.15) is 0 Å². The molecule has 4 aromatic rings. The normalized spacial score (nSPS) is 13.1. The molecule has 38 heavy (non-hydrogen) atoms. The number of aromatic nitrogens is 5. The van der Waals surface area contributed by atoms with Crippen LogP contribution in [0.2, 0.25) is 0 Å². The Bertz CT molecular complexity index is 1550. The number of hydroxylamine groups is 1. The van der Waals surface area contributed by atoms with Gasteiger partial charge in [0.1, 0.15) is 22.8 Å². The van der Waals surface area contributed by atoms with Crippen molar-refractivity contribution in [3.8, 4) is 22.8 Å². The second-order valence-electron chi connectivity index (χ2n) is 8.35. The lowest BCUT2D eigenvalue weighted by molar-refractivity contribution is 0.171. The molecule has 0 aliphatic carbocycles. The summed E-state index contributed by atoms with van der Waals surface area (Å²) in [6.07, 6.45) is 1.67. The summed E-state index contributed by atoms with van der Waals surface area (Å²) in [5.74, 6) is 0.274. The van der Waals surface area contributed by atoms with E-state index in [1.165, 1.54) is 31.8 Å². The van der Waals surface area contributed by atoms with E-state index in [9.17, 15) is 18.7 Å². The van der Waals surface area contributed by atoms with E-state index in [4.69, 9.17) is 4.74 Å². The van der Waals surface area contributed by atoms with Crippen LogP contribution in [0.1, 0.15) is 24.4 Å². The maximum absolute atomic E-state index is 13.5. The van der Waals surface area contributed by atoms with Crippen LogP contribution < -0.4 is 14.5 Å². The lowest BCUT2D eigenvalue weighted by Crippen LogP contribution is -2.32. The summed E-state index contributed by atoms with van der Waals surface area (Å²) in [4.78, 5) is 8.40. The first-order valence-corrected chi connectivity index (χ1v) is 13.7. The first kappa shape index (κ1) is 27.4. The SMILES string of the molecule is COc1cccc(N(C)[O-])c1-n1c(NS(=O)(=O)[C@H](C)[C@@H](O)c2ccc(Br)c(C)n2)nnc1-c1cccnc1. The van der Waals surface area contributed by atoms with Crippen LogP contribution in [0.4, 0.5) is 11.6 Å². The van der Waals surface area contributed by atoms with Crippen molar-refractivity contribution in [2.45, 2.75) is 25.2 Å². The molecule has 3 aromatic heterocycles. The number of benzene rings is 1. The third kappa shape index (κ3) is 5.34. The predicted octanol–water partition coefficient (Wildman–Crippen LogP) is 3.60. The molecule has 3 heterocycles. The quantitative estimate of drug-likeness (QED) is 0.271. The lowest BCUT2D eigenvalue weighted by Gasteiger charge is -2.29. The highest BCUT2D eigenvalue weighted by atomic mass is 79.9. The highest BCUT2D eigenvalue weighted by Crippen LogP contribution is 2.38. The number of rotatable bonds is 9. The van der Waals surface area contributed by atoms with Gasteiger partial charge >= 0.3 is 0 Å². The topological polar surface area (TPSA) is 158 Å². The van der Waals surface area contributed by atoms with E-state index in [1.54, 1.807) is 55.6 Å². The van der Waals surface area contributed by atoms with Gasteiger partial charge in [-0.3, -0.25) is 19.3 Å². The van der Waals surface area contributed by atoms with Crippen LogP contribution in [0.5, 0.6) is 5.75 Å². The zero-order valence-electron chi connectivity index (χ0n) is 20.9. The minimum Gasteiger partial charge on any atom is -0.758 e. The van der Waals surface area contributed by atoms with Gasteiger partial charge in [0.05, 0.1) is 24.2 Å². The molecule has 1 aromatic carbocycles. The van der Waals surface area contributed by atoms with Crippen molar-refractivity contribution < 1.29 is 18.3 Å². The molecule has 0 spiro atoms. The molecule has 0 aliphatic heterocycles. The number of hydrogen-bond acceptors (Lipinski definition) is 10. The van der Waals surface area contributed by atoms with Gasteiger partial charge < -0.3 is 20.1 Å². The van der Waals surface area contributed by atoms with E-state index in [-0.39, 0.29) is 34.6 Å². The Morgan fingerprint density at radius 2 is 1.95 bits per heavy atom. The van der Waals surface area contributed by atoms with Gasteiger partial charge in [-0.25, -0.2) is 8.42 Å². The van der Waals surface area contributed by atoms with Crippen LogP contribution in [0.25, 0.3) is 17.1 Å². The first-order chi connectivity index (χ1) is 18.0. The molecule has 0 radical (unpaired) electrons. The number of hydrogen-bond donors (Lipinski definition) is 2. The summed E-state index contributed by atoms with van der Waals surface area (Å²) < 4.78 is 37.0. The fraction of sp³-hybridized carbons (Fsp3) is 0.250. The third-order valence-corrected chi connectivity index (χ3v) is 8.40. The summed E-state index contributed by atoms with van der Waals surface area (Å²) in [7, 11) is -1.52. The van der Waals surface area contributed by atoms with Gasteiger partial charge in [0, 0.05) is 22.4 Å². The largest absolute Gasteiger partial charge is 0.758 e. The average molecular weight is 603 g/mol. The van der Waals surface area contributed by atoms with Crippen molar-refractivity contribution in [3.05, 3.63) is 75.9 Å². The zero-order chi connectivity index (χ0) is 27.6. The lowest BCUT2D eigenvalue weighted by atomic mass is 10.1. The highest BCUT2D eigenvalue weighted by Gasteiger charge is 2.33. The summed E-state index contributed by atoms with van der Waals surface area (Å²) in [5.41, 5.74) is 1.70. The van der Waals surface area contributed by atoms with Gasteiger partial charge in [-0.15, -0.1) is 10.2 Å². The number of aliphatic hydroxyl groups is 1. The molecule has 0 saturated carbocycles. The zero-order valence-corrected chi connectivity index (χ0v) is 23.3. The Labute approximate surface area is 228 Å². The van der Waals surface area contributed by atoms with E-state index in [0.717, 1.165) is 4.47 Å². The summed E-state index contributed by atoms with van der Waals surface area (Å²) in [6, 6.07) is 11.5. The fourth-order valence-electron chi connectivity index (χ4n) is 3.76. The van der Waals surface area contributed by atoms with Crippen molar-refractivity contribution in [1.82, 2.24) is 24.7 Å². The van der Waals surface area contributed by atoms with Crippen LogP contribution >= 0.6 is 15.9 Å². The molecular weight excluding hydrogens is 578 g/mol. The van der Waals surface area contributed by atoms with Crippen LogP contribution in [-0.2, 0) is 10.0 Å². The first-order valence-electron chi connectivity index (χ1n) is 11.3. The average Bonchev–Trinajstić information content (AvgIpc) is 3.31. The second-order valence-corrected chi connectivity index (χ2v) is 11.2. The Kier molecular flexibility index (Phi) is 7.97. The number of nitrogens with one attached hydrogen (secondary N) is 1. The maximum atomic E-state index is 13.5. The molecule has 14 heteroatoms. The predicted molar refractivity (Wildman–Crippen MR) is 147 cm³/mol. The Morgan fingerprint density at radius 3 is 2.58 bits per heavy atom. The number of nitrogens with zero attached hydrogens (tertiary/aromatic N) is 6. The molecule has 0 amide bonds. The monoisotopic (exact) mass is 602 g/mol. The molecular formula is C24H25BrN7O5S-. The molecule has 200 valence electrons. The molecule has 0 saturated heterocycles. The number of halogens is 1. The molecule has 0 bridgehead atoms. The third-order valence-electron chi connectivity index (χ3n) is 5.86. The van der Waals surface area contributed by atoms with Gasteiger partial charge in [0.15, 0.2) is 5.82 Å². The van der Waals surface area contributed by atoms with Gasteiger partial charge in [0.2, 0.25) is 16.0 Å². The molecule has 4 rings (SSSR count). The minimum absolute atomic E-state index is 0.178. The number of methoxy groups -OCH3 is 1. The number of pyridine rings is 2. The fourth-order valence-corrected chi connectivity index (χ4v) is 5.03. The van der Waals surface area contributed by atoms with E-state index in [0.29, 0.717) is 16.3 Å². The van der Waals surface area contributed by atoms with Gasteiger partial charge in [-0.1, -0.05) is 6.07 Å². The van der Waals surface area contributed by atoms with Crippen LogP contribution in [0.15, 0.2) is 59.3 Å². The number of para-hydroxylation sites is 1. The summed E-state index contributed by atoms with van der Waals surface area (Å²) in [6.45, 7) is 3.09. The van der Waals surface area contributed by atoms with Gasteiger partial charge in [0.25, 0.3) is 0 Å². The number of sulfonamides is 1. The number of ether oxygens (including phenoxy) is 1. The van der Waals surface area contributed by atoms with E-state index in [1.807, 2.05) is 0 Å². The number of aryl methyl sites for hydroxylation is 1. The highest BCUT2D eigenvalue weighted by molar-refractivity contribution is 9.10. The van der Waals surface area contributed by atoms with Crippen molar-refractivity contribution in [2.75, 3.05) is 23.9 Å². The van der Waals surface area contributed by atoms with Crippen molar-refractivity contribution in [3.63, 3.8) is 0 Å². The molecule has 12 nitrogen and oxygen atoms in total. The molecule has 2 atom stereocenters. The number of anilines is 2. The Balaban J connectivity index is 1.84. The second kappa shape index (κ2) is 11.0. The standard InChI is InChI=1S/C24H25BrN7O5S/c1-14-17(25)10-11-18(27-14)22(33)15(2)38(35,36)30-24-29-28-23(16-7-6-12-26-13-16)32(24)21-19(31(3)34)8-5-9-20(21)37-4/h5-13,15,22,33H,1-4H3,(H,29,30)/q-1/t15-,22-/m1/s1. The van der Waals surface area contributed by atoms with Crippen LogP contribution in [-0.4, -0.2) is 57.7 Å². The van der Waals surface area contributed by atoms with E-state index in [2.05, 4.69) is 40.8 Å². The van der Waals surface area contributed by atoms with Crippen molar-refractivity contribution in [1.29, 1.82) is 0 Å². The molecule has 0 aliphatic rings. The van der Waals surface area contributed by atoms with Crippen LogP contribution in [0.3, 0.4) is 0 Å². The van der Waals surface area contributed by atoms with Gasteiger partial charge in [-0.05, 0) is 73.2 Å². The Morgan fingerprint density at radius 1 is 1.18 bits per heavy atom. The summed E-state index contributed by atoms with van der Waals surface area (Å²) in [5, 5.41) is 30.9. The van der Waals surface area contributed by atoms with E-state index >= 15 is 0 Å². The minimum atomic E-state index is -4.26.